The first-order valence-corrected chi connectivity index (χ1v) is 17.7. The average molecular weight is 854 g/mol. The number of unbranched alkanes of at least 4 members (excludes halogenated alkanes) is 1. The van der Waals surface area contributed by atoms with Gasteiger partial charge in [0.2, 0.25) is 11.8 Å². The highest BCUT2D eigenvalue weighted by molar-refractivity contribution is 5.88. The molecule has 0 radical (unpaired) electrons. The maximum absolute atomic E-state index is 13.0. The fourth-order valence-electron chi connectivity index (χ4n) is 4.72. The quantitative estimate of drug-likeness (QED) is 0.0851. The number of hydrogen-bond donors (Lipinski definition) is 7. The van der Waals surface area contributed by atoms with Gasteiger partial charge in [-0.15, -0.1) is 0 Å². The van der Waals surface area contributed by atoms with Gasteiger partial charge < -0.3 is 46.6 Å². The summed E-state index contributed by atoms with van der Waals surface area (Å²) in [6, 6.07) is 13.7. The van der Waals surface area contributed by atoms with Crippen molar-refractivity contribution in [1.82, 2.24) is 20.9 Å². The Balaban J connectivity index is 0.00000126. The van der Waals surface area contributed by atoms with Crippen LogP contribution in [-0.2, 0) is 24.0 Å². The summed E-state index contributed by atoms with van der Waals surface area (Å²) >= 11 is 0. The zero-order chi connectivity index (χ0) is 44.5. The van der Waals surface area contributed by atoms with Crippen LogP contribution in [0.5, 0.6) is 5.75 Å². The van der Waals surface area contributed by atoms with Crippen LogP contribution in [0.15, 0.2) is 42.5 Å². The summed E-state index contributed by atoms with van der Waals surface area (Å²) in [5.74, 6) is -7.57. The number of rotatable bonds is 17. The minimum atomic E-state index is -5.08. The molecule has 2 aromatic rings. The number of benzene rings is 2. The second kappa shape index (κ2) is 26.9. The second-order valence-corrected chi connectivity index (χ2v) is 12.2. The summed E-state index contributed by atoms with van der Waals surface area (Å²) in [5.41, 5.74) is 5.49. The van der Waals surface area contributed by atoms with Crippen LogP contribution in [0.25, 0.3) is 10.8 Å². The minimum Gasteiger partial charge on any atom is -0.488 e. The summed E-state index contributed by atoms with van der Waals surface area (Å²) in [5, 5.41) is 33.5. The molecular formula is C35H48F9N5O9. The first-order chi connectivity index (χ1) is 26.9. The third-order valence-electron chi connectivity index (χ3n) is 7.45. The van der Waals surface area contributed by atoms with Gasteiger partial charge >= 0.3 is 36.4 Å². The van der Waals surface area contributed by atoms with E-state index in [0.717, 1.165) is 81.3 Å². The zero-order valence-corrected chi connectivity index (χ0v) is 31.3. The van der Waals surface area contributed by atoms with E-state index in [1.165, 1.54) is 0 Å². The number of aliphatic carboxylic acids is 3. The molecule has 0 bridgehead atoms. The molecule has 23 heteroatoms. The van der Waals surface area contributed by atoms with E-state index in [2.05, 4.69) is 28.1 Å². The Morgan fingerprint density at radius 2 is 1.19 bits per heavy atom. The van der Waals surface area contributed by atoms with Crippen molar-refractivity contribution in [3.8, 4) is 5.75 Å². The Bertz CT molecular complexity index is 1500. The van der Waals surface area contributed by atoms with Gasteiger partial charge in [0.1, 0.15) is 17.9 Å². The Kier molecular flexibility index (Phi) is 24.6. The summed E-state index contributed by atoms with van der Waals surface area (Å²) < 4.78 is 101. The molecule has 58 heavy (non-hydrogen) atoms. The lowest BCUT2D eigenvalue weighted by atomic mass is 10.1. The molecule has 0 aliphatic carbocycles. The highest BCUT2D eigenvalue weighted by atomic mass is 19.4. The molecule has 1 saturated heterocycles. The van der Waals surface area contributed by atoms with Crippen molar-refractivity contribution in [2.24, 2.45) is 5.73 Å². The number of nitrogens with one attached hydrogen (secondary N) is 3. The van der Waals surface area contributed by atoms with Gasteiger partial charge in [0.15, 0.2) is 0 Å². The molecule has 2 aromatic carbocycles. The molecule has 2 atom stereocenters. The molecule has 2 amide bonds. The van der Waals surface area contributed by atoms with Gasteiger partial charge in [-0.2, -0.15) is 39.5 Å². The molecule has 1 heterocycles. The molecule has 0 saturated carbocycles. The van der Waals surface area contributed by atoms with Crippen LogP contribution in [0.3, 0.4) is 0 Å². The Morgan fingerprint density at radius 3 is 1.66 bits per heavy atom. The monoisotopic (exact) mass is 853 g/mol. The number of likely N-dealkylation sites (tertiary alicyclic amines) is 1. The van der Waals surface area contributed by atoms with E-state index in [4.69, 9.17) is 40.2 Å². The van der Waals surface area contributed by atoms with Crippen LogP contribution in [0, 0.1) is 0 Å². The number of hydrogen-bond acceptors (Lipinski definition) is 9. The van der Waals surface area contributed by atoms with Gasteiger partial charge in [-0.1, -0.05) is 37.3 Å². The molecule has 1 aliphatic heterocycles. The minimum absolute atomic E-state index is 0.0199. The molecule has 14 nitrogen and oxygen atoms in total. The highest BCUT2D eigenvalue weighted by Crippen LogP contribution is 2.27. The molecule has 1 aliphatic rings. The van der Waals surface area contributed by atoms with Gasteiger partial charge in [0.05, 0.1) is 6.54 Å². The molecular weight excluding hydrogens is 805 g/mol. The molecule has 0 unspecified atom stereocenters. The lowest BCUT2D eigenvalue weighted by Crippen LogP contribution is -2.46. The van der Waals surface area contributed by atoms with Crippen molar-refractivity contribution in [2.75, 3.05) is 45.8 Å². The van der Waals surface area contributed by atoms with Crippen LogP contribution in [0.1, 0.15) is 51.9 Å². The predicted molar refractivity (Wildman–Crippen MR) is 191 cm³/mol. The third-order valence-corrected chi connectivity index (χ3v) is 7.45. The summed E-state index contributed by atoms with van der Waals surface area (Å²) in [4.78, 5) is 54.2. The Morgan fingerprint density at radius 1 is 0.724 bits per heavy atom. The number of alkyl halides is 9. The van der Waals surface area contributed by atoms with Gasteiger partial charge in [-0.3, -0.25) is 9.59 Å². The SMILES string of the molecule is CCCC(=O)N1C[C@@H](Oc2ccc3ccccc3c2)C[C@H]1C(=O)NCCCNCCCCNCCCN.O=C(O)C(F)(F)F.O=C(O)C(F)(F)F.O=C(O)C(F)(F)F. The largest absolute Gasteiger partial charge is 0.490 e. The highest BCUT2D eigenvalue weighted by Gasteiger charge is 2.41. The molecule has 0 aromatic heterocycles. The Labute approximate surface area is 327 Å². The number of carboxylic acid groups (broad SMARTS) is 3. The summed E-state index contributed by atoms with van der Waals surface area (Å²) in [6.45, 7) is 7.60. The lowest BCUT2D eigenvalue weighted by molar-refractivity contribution is -0.193. The first-order valence-electron chi connectivity index (χ1n) is 17.7. The number of fused-ring (bicyclic) bond motifs is 1. The molecule has 8 N–H and O–H groups in total. The van der Waals surface area contributed by atoms with E-state index >= 15 is 0 Å². The number of nitrogens with zero attached hydrogens (tertiary/aromatic N) is 1. The third kappa shape index (κ3) is 23.4. The van der Waals surface area contributed by atoms with Crippen molar-refractivity contribution >= 4 is 40.5 Å². The number of carbonyl (C=O) groups excluding carboxylic acids is 2. The fourth-order valence-corrected chi connectivity index (χ4v) is 4.72. The number of carboxylic acids is 3. The van der Waals surface area contributed by atoms with Crippen molar-refractivity contribution in [3.63, 3.8) is 0 Å². The van der Waals surface area contributed by atoms with Crippen LogP contribution in [0.4, 0.5) is 39.5 Å². The fraction of sp³-hybridized carbons (Fsp3) is 0.571. The number of nitrogens with two attached hydrogens (primary N) is 1. The van der Waals surface area contributed by atoms with Crippen molar-refractivity contribution in [2.45, 2.75) is 82.5 Å². The van der Waals surface area contributed by atoms with Crippen LogP contribution >= 0.6 is 0 Å². The van der Waals surface area contributed by atoms with E-state index in [-0.39, 0.29) is 17.9 Å². The van der Waals surface area contributed by atoms with Crippen LogP contribution < -0.4 is 26.4 Å². The maximum Gasteiger partial charge on any atom is 0.490 e. The van der Waals surface area contributed by atoms with Crippen LogP contribution in [0.2, 0.25) is 0 Å². The van der Waals surface area contributed by atoms with E-state index in [9.17, 15) is 49.1 Å². The van der Waals surface area contributed by atoms with E-state index in [1.54, 1.807) is 4.90 Å². The predicted octanol–water partition coefficient (Wildman–Crippen LogP) is 4.70. The number of carbonyl (C=O) groups is 5. The zero-order valence-electron chi connectivity index (χ0n) is 31.3. The van der Waals surface area contributed by atoms with E-state index < -0.39 is 42.5 Å². The summed E-state index contributed by atoms with van der Waals surface area (Å²) in [6.07, 6.45) is -9.61. The summed E-state index contributed by atoms with van der Waals surface area (Å²) in [7, 11) is 0. The van der Waals surface area contributed by atoms with E-state index in [1.807, 2.05) is 37.3 Å². The molecule has 0 spiro atoms. The van der Waals surface area contributed by atoms with Crippen molar-refractivity contribution in [3.05, 3.63) is 42.5 Å². The maximum atomic E-state index is 13.0. The molecule has 1 fully saturated rings. The molecule has 330 valence electrons. The normalized spacial score (nSPS) is 15.1. The Hall–Kier alpha value is -4.90. The smallest absolute Gasteiger partial charge is 0.488 e. The molecule has 3 rings (SSSR count). The van der Waals surface area contributed by atoms with Gasteiger partial charge in [-0.05, 0) is 87.7 Å². The van der Waals surface area contributed by atoms with Gasteiger partial charge in [0, 0.05) is 19.4 Å². The first kappa shape index (κ1) is 53.1. The van der Waals surface area contributed by atoms with Crippen molar-refractivity contribution in [1.29, 1.82) is 0 Å². The van der Waals surface area contributed by atoms with Gasteiger partial charge in [-0.25, -0.2) is 14.4 Å². The second-order valence-electron chi connectivity index (χ2n) is 12.2. The number of ether oxygens (including phenoxy) is 1. The lowest BCUT2D eigenvalue weighted by Gasteiger charge is -2.23. The topological polar surface area (TPSA) is 221 Å². The number of halogens is 9. The average Bonchev–Trinajstić information content (AvgIpc) is 3.55. The van der Waals surface area contributed by atoms with Crippen molar-refractivity contribution < 1.29 is 83.5 Å². The van der Waals surface area contributed by atoms with Gasteiger partial charge in [0.25, 0.3) is 0 Å². The van der Waals surface area contributed by atoms with Crippen LogP contribution in [-0.4, -0.2) is 126 Å². The van der Waals surface area contributed by atoms with E-state index in [0.29, 0.717) is 25.9 Å². The standard InChI is InChI=1S/C29H45N5O3.3C2HF3O2/c1-2-9-28(35)34-22-26(37-25-13-12-23-10-3-4-11-24(23)20-25)21-27(34)29(36)33-19-8-18-32-16-6-5-15-31-17-7-14-30;3*3-2(4,5)1(6)7/h3-4,10-13,20,26-27,31-32H,2,5-9,14-19,21-22,30H2,1H3,(H,33,36);3*(H,6,7)/t26-,27-;;;/m0.../s1. The number of amides is 2.